The Kier molecular flexibility index (Phi) is 4.28. The molecule has 2 aliphatic rings. The number of hydrogen-bond acceptors (Lipinski definition) is 4. The summed E-state index contributed by atoms with van der Waals surface area (Å²) in [5, 5.41) is 9.73. The van der Waals surface area contributed by atoms with Crippen LogP contribution < -0.4 is 10.3 Å². The third-order valence-electron chi connectivity index (χ3n) is 5.55. The van der Waals surface area contributed by atoms with Crippen LogP contribution in [0.5, 0.6) is 5.75 Å². The summed E-state index contributed by atoms with van der Waals surface area (Å²) < 4.78 is 5.14. The van der Waals surface area contributed by atoms with Crippen molar-refractivity contribution in [2.45, 2.75) is 18.9 Å². The standard InChI is InChI=1S/C20H22N2O4/c1-26-16-4-2-12(3-5-16)18-7-6-17(19(24)21-18)20(25)22-10-13-8-15(23)9-14(13)11-22/h2-7,13-15,23H,8-11H2,1H3,(H,21,24)/t13-,14+,15?. The molecular formula is C20H22N2O4. The molecular weight excluding hydrogens is 332 g/mol. The molecule has 2 N–H and O–H groups in total. The van der Waals surface area contributed by atoms with Crippen LogP contribution in [0.25, 0.3) is 11.3 Å². The van der Waals surface area contributed by atoms with E-state index in [1.807, 2.05) is 24.3 Å². The third kappa shape index (κ3) is 3.01. The van der Waals surface area contributed by atoms with Crippen molar-refractivity contribution in [3.63, 3.8) is 0 Å². The second-order valence-electron chi connectivity index (χ2n) is 7.20. The van der Waals surface area contributed by atoms with Gasteiger partial charge in [-0.15, -0.1) is 0 Å². The van der Waals surface area contributed by atoms with Crippen molar-refractivity contribution < 1.29 is 14.6 Å². The largest absolute Gasteiger partial charge is 0.497 e. The quantitative estimate of drug-likeness (QED) is 0.882. The van der Waals surface area contributed by atoms with Crippen LogP contribution in [-0.4, -0.2) is 47.2 Å². The number of ether oxygens (including phenoxy) is 1. The van der Waals surface area contributed by atoms with Crippen LogP contribution in [0.3, 0.4) is 0 Å². The molecule has 1 saturated heterocycles. The number of aromatic amines is 1. The van der Waals surface area contributed by atoms with Gasteiger partial charge >= 0.3 is 0 Å². The van der Waals surface area contributed by atoms with E-state index in [1.165, 1.54) is 0 Å². The zero-order valence-corrected chi connectivity index (χ0v) is 14.6. The molecule has 2 heterocycles. The molecule has 1 aromatic carbocycles. The lowest BCUT2D eigenvalue weighted by Crippen LogP contribution is -2.34. The number of fused-ring (bicyclic) bond motifs is 1. The van der Waals surface area contributed by atoms with Crippen molar-refractivity contribution in [2.24, 2.45) is 11.8 Å². The van der Waals surface area contributed by atoms with Crippen LogP contribution in [0.2, 0.25) is 0 Å². The van der Waals surface area contributed by atoms with Crippen LogP contribution in [0, 0.1) is 11.8 Å². The summed E-state index contributed by atoms with van der Waals surface area (Å²) in [6.45, 7) is 1.25. The van der Waals surface area contributed by atoms with E-state index in [1.54, 1.807) is 24.1 Å². The normalized spacial score (nSPS) is 24.5. The molecule has 0 bridgehead atoms. The third-order valence-corrected chi connectivity index (χ3v) is 5.55. The number of likely N-dealkylation sites (tertiary alicyclic amines) is 1. The predicted octanol–water partition coefficient (Wildman–Crippen LogP) is 1.89. The highest BCUT2D eigenvalue weighted by atomic mass is 16.5. The molecule has 1 amide bonds. The van der Waals surface area contributed by atoms with Gasteiger partial charge in [0.25, 0.3) is 11.5 Å². The summed E-state index contributed by atoms with van der Waals surface area (Å²) in [5.74, 6) is 1.22. The van der Waals surface area contributed by atoms with Crippen LogP contribution in [0.4, 0.5) is 0 Å². The molecule has 2 aromatic rings. The van der Waals surface area contributed by atoms with E-state index < -0.39 is 0 Å². The molecule has 136 valence electrons. The molecule has 0 radical (unpaired) electrons. The van der Waals surface area contributed by atoms with Crippen LogP contribution >= 0.6 is 0 Å². The molecule has 1 unspecified atom stereocenters. The lowest BCUT2D eigenvalue weighted by Gasteiger charge is -2.18. The summed E-state index contributed by atoms with van der Waals surface area (Å²) in [6, 6.07) is 10.7. The van der Waals surface area contributed by atoms with Crippen molar-refractivity contribution in [1.82, 2.24) is 9.88 Å². The number of rotatable bonds is 3. The second-order valence-corrected chi connectivity index (χ2v) is 7.20. The number of pyridine rings is 1. The number of H-pyrrole nitrogens is 1. The average molecular weight is 354 g/mol. The minimum absolute atomic E-state index is 0.169. The number of carbonyl (C=O) groups is 1. The number of nitrogens with one attached hydrogen (secondary N) is 1. The minimum atomic E-state index is -0.375. The molecule has 0 spiro atoms. The number of benzene rings is 1. The van der Waals surface area contributed by atoms with E-state index >= 15 is 0 Å². The van der Waals surface area contributed by atoms with Crippen LogP contribution in [0.15, 0.2) is 41.2 Å². The van der Waals surface area contributed by atoms with Gasteiger partial charge in [0.1, 0.15) is 11.3 Å². The highest BCUT2D eigenvalue weighted by Crippen LogP contribution is 2.38. The number of aromatic nitrogens is 1. The molecule has 3 atom stereocenters. The van der Waals surface area contributed by atoms with E-state index in [0.29, 0.717) is 30.6 Å². The first kappa shape index (κ1) is 16.8. The van der Waals surface area contributed by atoms with Crippen molar-refractivity contribution in [3.05, 3.63) is 52.3 Å². The maximum Gasteiger partial charge on any atom is 0.261 e. The van der Waals surface area contributed by atoms with Gasteiger partial charge < -0.3 is 19.7 Å². The van der Waals surface area contributed by atoms with Gasteiger partial charge in [-0.1, -0.05) is 0 Å². The molecule has 6 heteroatoms. The summed E-state index contributed by atoms with van der Waals surface area (Å²) in [6.07, 6.45) is 1.26. The minimum Gasteiger partial charge on any atom is -0.497 e. The molecule has 26 heavy (non-hydrogen) atoms. The number of nitrogens with zero attached hydrogens (tertiary/aromatic N) is 1. The second kappa shape index (κ2) is 6.61. The van der Waals surface area contributed by atoms with Gasteiger partial charge in [-0.2, -0.15) is 0 Å². The summed E-state index contributed by atoms with van der Waals surface area (Å²) in [5.41, 5.74) is 1.31. The Bertz CT molecular complexity index is 860. The van der Waals surface area contributed by atoms with E-state index in [9.17, 15) is 14.7 Å². The van der Waals surface area contributed by atoms with Crippen molar-refractivity contribution in [2.75, 3.05) is 20.2 Å². The van der Waals surface area contributed by atoms with Gasteiger partial charge in [-0.25, -0.2) is 0 Å². The number of aliphatic hydroxyl groups excluding tert-OH is 1. The molecule has 1 saturated carbocycles. The number of methoxy groups -OCH3 is 1. The Morgan fingerprint density at radius 1 is 1.12 bits per heavy atom. The highest BCUT2D eigenvalue weighted by molar-refractivity contribution is 5.94. The Morgan fingerprint density at radius 3 is 2.35 bits per heavy atom. The smallest absolute Gasteiger partial charge is 0.261 e. The van der Waals surface area contributed by atoms with E-state index in [-0.39, 0.29) is 23.1 Å². The number of carbonyl (C=O) groups excluding carboxylic acids is 1. The van der Waals surface area contributed by atoms with Gasteiger partial charge in [0.15, 0.2) is 0 Å². The van der Waals surface area contributed by atoms with Crippen LogP contribution in [0.1, 0.15) is 23.2 Å². The first-order valence-electron chi connectivity index (χ1n) is 8.90. The van der Waals surface area contributed by atoms with Crippen molar-refractivity contribution in [3.8, 4) is 17.0 Å². The average Bonchev–Trinajstić information content (AvgIpc) is 3.18. The molecule has 4 rings (SSSR count). The SMILES string of the molecule is COc1ccc(-c2ccc(C(=O)N3C[C@H]4CC(O)C[C@H]4C3)c(=O)[nH]2)cc1. The molecule has 1 aromatic heterocycles. The Labute approximate surface area is 151 Å². The summed E-state index contributed by atoms with van der Waals surface area (Å²) in [4.78, 5) is 29.8. The Balaban J connectivity index is 1.53. The molecule has 6 nitrogen and oxygen atoms in total. The topological polar surface area (TPSA) is 82.6 Å². The van der Waals surface area contributed by atoms with Crippen LogP contribution in [-0.2, 0) is 0 Å². The zero-order chi connectivity index (χ0) is 18.3. The first-order valence-corrected chi connectivity index (χ1v) is 8.90. The maximum atomic E-state index is 12.7. The fourth-order valence-corrected chi connectivity index (χ4v) is 4.19. The molecule has 1 aliphatic carbocycles. The zero-order valence-electron chi connectivity index (χ0n) is 14.6. The van der Waals surface area contributed by atoms with Gasteiger partial charge in [0, 0.05) is 18.8 Å². The lowest BCUT2D eigenvalue weighted by molar-refractivity contribution is 0.0763. The van der Waals surface area contributed by atoms with Gasteiger partial charge in [-0.3, -0.25) is 9.59 Å². The maximum absolute atomic E-state index is 12.7. The molecule has 2 fully saturated rings. The Morgan fingerprint density at radius 2 is 1.77 bits per heavy atom. The number of amides is 1. The van der Waals surface area contributed by atoms with Crippen molar-refractivity contribution >= 4 is 5.91 Å². The predicted molar refractivity (Wildman–Crippen MR) is 97.2 cm³/mol. The summed E-state index contributed by atoms with van der Waals surface area (Å²) in [7, 11) is 1.60. The first-order chi connectivity index (χ1) is 12.5. The van der Waals surface area contributed by atoms with Gasteiger partial charge in [0.05, 0.1) is 13.2 Å². The van der Waals surface area contributed by atoms with Crippen molar-refractivity contribution in [1.29, 1.82) is 0 Å². The fraction of sp³-hybridized carbons (Fsp3) is 0.400. The highest BCUT2D eigenvalue weighted by Gasteiger charge is 2.42. The monoisotopic (exact) mass is 354 g/mol. The van der Waals surface area contributed by atoms with E-state index in [2.05, 4.69) is 4.98 Å². The fourth-order valence-electron chi connectivity index (χ4n) is 4.19. The number of aliphatic hydroxyl groups is 1. The number of hydrogen-bond donors (Lipinski definition) is 2. The van der Waals surface area contributed by atoms with Gasteiger partial charge in [-0.05, 0) is 66.6 Å². The summed E-state index contributed by atoms with van der Waals surface area (Å²) >= 11 is 0. The van der Waals surface area contributed by atoms with E-state index in [0.717, 1.165) is 24.2 Å². The molecule has 1 aliphatic heterocycles. The van der Waals surface area contributed by atoms with E-state index in [4.69, 9.17) is 4.74 Å². The lowest BCUT2D eigenvalue weighted by atomic mass is 10.0. The Hall–Kier alpha value is -2.60. The van der Waals surface area contributed by atoms with Gasteiger partial charge in [0.2, 0.25) is 0 Å².